The second-order valence-corrected chi connectivity index (χ2v) is 6.87. The van der Waals surface area contributed by atoms with Gasteiger partial charge in [-0.2, -0.15) is 5.10 Å². The number of hydrogen-bond acceptors (Lipinski definition) is 2. The lowest BCUT2D eigenvalue weighted by molar-refractivity contribution is 0.589. The summed E-state index contributed by atoms with van der Waals surface area (Å²) in [7, 11) is 1.88. The van der Waals surface area contributed by atoms with Crippen LogP contribution in [0.25, 0.3) is 39.0 Å². The molecule has 0 aliphatic rings. The lowest BCUT2D eigenvalue weighted by Crippen LogP contribution is -1.94. The number of imidazole rings is 1. The summed E-state index contributed by atoms with van der Waals surface area (Å²) >= 11 is 0. The summed E-state index contributed by atoms with van der Waals surface area (Å²) in [6.45, 7) is 0. The number of fused-ring (bicyclic) bond motifs is 1. The van der Waals surface area contributed by atoms with Crippen LogP contribution in [0.1, 0.15) is 0 Å². The highest BCUT2D eigenvalue weighted by Crippen LogP contribution is 2.29. The van der Waals surface area contributed by atoms with Gasteiger partial charge in [-0.15, -0.1) is 0 Å². The van der Waals surface area contributed by atoms with E-state index in [9.17, 15) is 8.78 Å². The van der Waals surface area contributed by atoms with E-state index in [1.54, 1.807) is 29.2 Å². The summed E-state index contributed by atoms with van der Waals surface area (Å²) in [6, 6.07) is 17.0. The van der Waals surface area contributed by atoms with Crippen molar-refractivity contribution >= 4 is 11.0 Å². The largest absolute Gasteiger partial charge is 0.299 e. The first-order valence-corrected chi connectivity index (χ1v) is 9.11. The van der Waals surface area contributed by atoms with Crippen LogP contribution in [0.5, 0.6) is 0 Å². The summed E-state index contributed by atoms with van der Waals surface area (Å²) in [5.74, 6) is -1.17. The van der Waals surface area contributed by atoms with Crippen molar-refractivity contribution < 1.29 is 8.78 Å². The highest BCUT2D eigenvalue weighted by molar-refractivity contribution is 5.83. The van der Waals surface area contributed by atoms with Gasteiger partial charge in [0.1, 0.15) is 18.0 Å². The number of rotatable bonds is 3. The molecule has 0 amide bonds. The van der Waals surface area contributed by atoms with Crippen molar-refractivity contribution in [2.45, 2.75) is 0 Å². The van der Waals surface area contributed by atoms with Crippen molar-refractivity contribution in [3.8, 4) is 27.9 Å². The fourth-order valence-electron chi connectivity index (χ4n) is 3.55. The number of hydrogen-bond donors (Lipinski definition) is 0. The fourth-order valence-corrected chi connectivity index (χ4v) is 3.55. The number of halogens is 2. The zero-order chi connectivity index (χ0) is 20.0. The smallest absolute Gasteiger partial charge is 0.133 e. The van der Waals surface area contributed by atoms with Gasteiger partial charge in [-0.1, -0.05) is 24.3 Å². The van der Waals surface area contributed by atoms with Crippen LogP contribution >= 0.6 is 0 Å². The maximum Gasteiger partial charge on any atom is 0.133 e. The minimum absolute atomic E-state index is 0.0300. The average molecular weight is 386 g/mol. The highest BCUT2D eigenvalue weighted by Gasteiger charge is 2.13. The molecule has 5 aromatic rings. The highest BCUT2D eigenvalue weighted by atomic mass is 19.1. The molecule has 0 bridgehead atoms. The lowest BCUT2D eigenvalue weighted by Gasteiger charge is -2.09. The minimum Gasteiger partial charge on any atom is -0.299 e. The number of aromatic nitrogens is 4. The van der Waals surface area contributed by atoms with Crippen LogP contribution in [0.3, 0.4) is 0 Å². The van der Waals surface area contributed by atoms with E-state index in [4.69, 9.17) is 0 Å². The van der Waals surface area contributed by atoms with Gasteiger partial charge in [0.2, 0.25) is 0 Å². The molecule has 0 spiro atoms. The van der Waals surface area contributed by atoms with Crippen LogP contribution in [0.2, 0.25) is 0 Å². The molecule has 6 heteroatoms. The van der Waals surface area contributed by atoms with Crippen molar-refractivity contribution in [2.24, 2.45) is 7.05 Å². The summed E-state index contributed by atoms with van der Waals surface area (Å²) in [5, 5.41) is 4.21. The Morgan fingerprint density at radius 2 is 1.62 bits per heavy atom. The molecular formula is C23H16F2N4. The molecule has 0 unspecified atom stereocenters. The molecule has 0 aliphatic heterocycles. The number of aryl methyl sites for hydroxylation is 1. The van der Waals surface area contributed by atoms with Gasteiger partial charge in [-0.3, -0.25) is 9.25 Å². The predicted octanol–water partition coefficient (Wildman–Crippen LogP) is 5.37. The van der Waals surface area contributed by atoms with E-state index in [0.29, 0.717) is 5.56 Å². The molecule has 4 nitrogen and oxygen atoms in total. The molecule has 3 aromatic carbocycles. The molecule has 0 atom stereocenters. The molecule has 5 rings (SSSR count). The van der Waals surface area contributed by atoms with E-state index in [-0.39, 0.29) is 5.56 Å². The first-order chi connectivity index (χ1) is 14.1. The van der Waals surface area contributed by atoms with Gasteiger partial charge >= 0.3 is 0 Å². The van der Waals surface area contributed by atoms with Gasteiger partial charge in [0.15, 0.2) is 0 Å². The van der Waals surface area contributed by atoms with E-state index in [2.05, 4.69) is 10.1 Å². The van der Waals surface area contributed by atoms with Gasteiger partial charge in [0.25, 0.3) is 0 Å². The number of nitrogens with zero attached hydrogens (tertiary/aromatic N) is 4. The Morgan fingerprint density at radius 1 is 0.828 bits per heavy atom. The van der Waals surface area contributed by atoms with E-state index in [1.807, 2.05) is 48.3 Å². The van der Waals surface area contributed by atoms with Gasteiger partial charge in [0, 0.05) is 24.5 Å². The van der Waals surface area contributed by atoms with Gasteiger partial charge in [-0.25, -0.2) is 13.8 Å². The maximum atomic E-state index is 14.2. The molecule has 0 saturated heterocycles. The second-order valence-electron chi connectivity index (χ2n) is 6.87. The Kier molecular flexibility index (Phi) is 3.98. The molecule has 0 radical (unpaired) electrons. The fraction of sp³-hybridized carbons (Fsp3) is 0.0435. The number of benzene rings is 3. The molecule has 142 valence electrons. The first-order valence-electron chi connectivity index (χ1n) is 9.11. The topological polar surface area (TPSA) is 35.6 Å². The van der Waals surface area contributed by atoms with E-state index < -0.39 is 11.6 Å². The van der Waals surface area contributed by atoms with E-state index in [0.717, 1.165) is 27.8 Å². The normalized spacial score (nSPS) is 11.3. The molecule has 29 heavy (non-hydrogen) atoms. The van der Waals surface area contributed by atoms with Crippen LogP contribution in [0.4, 0.5) is 8.78 Å². The van der Waals surface area contributed by atoms with Gasteiger partial charge in [0.05, 0.1) is 22.8 Å². The minimum atomic E-state index is -0.584. The zero-order valence-electron chi connectivity index (χ0n) is 15.6. The summed E-state index contributed by atoms with van der Waals surface area (Å²) in [4.78, 5) is 4.51. The molecule has 2 aromatic heterocycles. The average Bonchev–Trinajstić information content (AvgIpc) is 3.34. The third kappa shape index (κ3) is 2.99. The quantitative estimate of drug-likeness (QED) is 0.418. The van der Waals surface area contributed by atoms with Crippen molar-refractivity contribution in [3.63, 3.8) is 0 Å². The molecule has 0 saturated carbocycles. The van der Waals surface area contributed by atoms with Crippen molar-refractivity contribution in [3.05, 3.63) is 91.0 Å². The predicted molar refractivity (Wildman–Crippen MR) is 109 cm³/mol. The van der Waals surface area contributed by atoms with Crippen molar-refractivity contribution in [1.29, 1.82) is 0 Å². The Balaban J connectivity index is 1.60. The summed E-state index contributed by atoms with van der Waals surface area (Å²) in [5.41, 5.74) is 5.00. The van der Waals surface area contributed by atoms with Crippen LogP contribution in [-0.4, -0.2) is 19.3 Å². The zero-order valence-corrected chi connectivity index (χ0v) is 15.6. The van der Waals surface area contributed by atoms with Crippen LogP contribution in [0, 0.1) is 11.6 Å². The molecule has 2 heterocycles. The maximum absolute atomic E-state index is 14.2. The Hall–Kier alpha value is -3.80. The third-order valence-electron chi connectivity index (χ3n) is 4.96. The molecule has 0 fully saturated rings. The van der Waals surface area contributed by atoms with Crippen LogP contribution < -0.4 is 0 Å². The van der Waals surface area contributed by atoms with Crippen LogP contribution in [-0.2, 0) is 7.05 Å². The van der Waals surface area contributed by atoms with Gasteiger partial charge in [-0.05, 0) is 47.5 Å². The lowest BCUT2D eigenvalue weighted by atomic mass is 10.0. The summed E-state index contributed by atoms with van der Waals surface area (Å²) < 4.78 is 32.1. The Labute approximate surface area is 165 Å². The van der Waals surface area contributed by atoms with Gasteiger partial charge < -0.3 is 0 Å². The summed E-state index contributed by atoms with van der Waals surface area (Å²) in [6.07, 6.45) is 5.48. The Bertz CT molecular complexity index is 1330. The third-order valence-corrected chi connectivity index (χ3v) is 4.96. The van der Waals surface area contributed by atoms with Crippen molar-refractivity contribution in [2.75, 3.05) is 0 Å². The van der Waals surface area contributed by atoms with Crippen molar-refractivity contribution in [1.82, 2.24) is 19.3 Å². The molecular weight excluding hydrogens is 370 g/mol. The first kappa shape index (κ1) is 17.3. The molecule has 0 N–H and O–H groups in total. The Morgan fingerprint density at radius 3 is 2.38 bits per heavy atom. The standard InChI is InChI=1S/C23H16F2N4/c1-28-13-17(12-27-28)15-8-9-22-21(11-15)26-14-29(22)18-5-2-4-16(10-18)23-19(24)6-3-7-20(23)25/h2-14H,1H3. The second kappa shape index (κ2) is 6.67. The monoisotopic (exact) mass is 386 g/mol. The van der Waals surface area contributed by atoms with Crippen LogP contribution in [0.15, 0.2) is 79.4 Å². The van der Waals surface area contributed by atoms with E-state index >= 15 is 0 Å². The molecule has 0 aliphatic carbocycles. The SMILES string of the molecule is Cn1cc(-c2ccc3c(c2)ncn3-c2cccc(-c3c(F)cccc3F)c2)cn1. The van der Waals surface area contributed by atoms with E-state index in [1.165, 1.54) is 18.2 Å².